The van der Waals surface area contributed by atoms with E-state index < -0.39 is 12.2 Å². The minimum absolute atomic E-state index is 0.272. The van der Waals surface area contributed by atoms with Crippen LogP contribution >= 0.6 is 0 Å². The van der Waals surface area contributed by atoms with E-state index in [0.717, 1.165) is 44.2 Å². The highest BCUT2D eigenvalue weighted by Crippen LogP contribution is 2.27. The van der Waals surface area contributed by atoms with Crippen molar-refractivity contribution in [1.82, 2.24) is 24.9 Å². The molecule has 1 aromatic carbocycles. The van der Waals surface area contributed by atoms with Crippen molar-refractivity contribution in [3.8, 4) is 0 Å². The fraction of sp³-hybridized carbons (Fsp3) is 0.550. The van der Waals surface area contributed by atoms with Crippen molar-refractivity contribution in [3.63, 3.8) is 0 Å². The van der Waals surface area contributed by atoms with E-state index in [0.29, 0.717) is 6.54 Å². The van der Waals surface area contributed by atoms with E-state index in [2.05, 4.69) is 52.1 Å². The highest BCUT2D eigenvalue weighted by Gasteiger charge is 2.49. The van der Waals surface area contributed by atoms with Gasteiger partial charge in [0.15, 0.2) is 18.2 Å². The minimum Gasteiger partial charge on any atom is -0.340 e. The van der Waals surface area contributed by atoms with Crippen LogP contribution in [0.5, 0.6) is 0 Å². The first-order valence-corrected chi connectivity index (χ1v) is 9.93. The molecule has 3 amide bonds. The van der Waals surface area contributed by atoms with Gasteiger partial charge in [-0.25, -0.2) is 9.79 Å². The van der Waals surface area contributed by atoms with E-state index in [1.807, 2.05) is 6.07 Å². The number of carbonyl (C=O) groups excluding carboxylic acids is 2. The number of guanidine groups is 1. The van der Waals surface area contributed by atoms with E-state index in [-0.39, 0.29) is 11.9 Å². The molecule has 8 nitrogen and oxygen atoms in total. The highest BCUT2D eigenvalue weighted by molar-refractivity contribution is 6.03. The van der Waals surface area contributed by atoms with Crippen LogP contribution in [0.1, 0.15) is 18.1 Å². The van der Waals surface area contributed by atoms with Gasteiger partial charge in [0, 0.05) is 39.8 Å². The van der Waals surface area contributed by atoms with Crippen molar-refractivity contribution >= 4 is 17.9 Å². The molecule has 28 heavy (non-hydrogen) atoms. The quantitative estimate of drug-likeness (QED) is 0.830. The molecule has 1 aromatic rings. The van der Waals surface area contributed by atoms with Crippen LogP contribution in [0.3, 0.4) is 0 Å². The second-order valence-electron chi connectivity index (χ2n) is 7.73. The fourth-order valence-electron chi connectivity index (χ4n) is 4.22. The van der Waals surface area contributed by atoms with Gasteiger partial charge in [0.1, 0.15) is 0 Å². The second kappa shape index (κ2) is 7.43. The molecule has 2 saturated heterocycles. The van der Waals surface area contributed by atoms with Crippen LogP contribution in [0.4, 0.5) is 4.79 Å². The van der Waals surface area contributed by atoms with Gasteiger partial charge < -0.3 is 19.6 Å². The normalized spacial score (nSPS) is 25.7. The Balaban J connectivity index is 1.64. The van der Waals surface area contributed by atoms with E-state index in [1.54, 1.807) is 7.05 Å². The highest BCUT2D eigenvalue weighted by atomic mass is 16.2. The predicted molar refractivity (Wildman–Crippen MR) is 107 cm³/mol. The zero-order chi connectivity index (χ0) is 19.8. The number of hydrogen-bond acceptors (Lipinski definition) is 6. The number of fused-ring (bicyclic) bond motifs is 1. The summed E-state index contributed by atoms with van der Waals surface area (Å²) in [5.74, 6) is 0.552. The van der Waals surface area contributed by atoms with E-state index >= 15 is 0 Å². The number of benzene rings is 1. The lowest BCUT2D eigenvalue weighted by atomic mass is 10.1. The number of likely N-dealkylation sites (N-methyl/N-ethyl adjacent to an activating group) is 2. The Hall–Kier alpha value is -2.61. The molecular weight excluding hydrogens is 356 g/mol. The Bertz CT molecular complexity index is 802. The number of amides is 3. The summed E-state index contributed by atoms with van der Waals surface area (Å²) in [7, 11) is 1.70. The van der Waals surface area contributed by atoms with Crippen molar-refractivity contribution in [3.05, 3.63) is 35.4 Å². The van der Waals surface area contributed by atoms with E-state index in [1.165, 1.54) is 10.5 Å². The van der Waals surface area contributed by atoms with Gasteiger partial charge in [0.2, 0.25) is 0 Å². The van der Waals surface area contributed by atoms with Crippen LogP contribution in [-0.4, -0.2) is 89.5 Å². The lowest BCUT2D eigenvalue weighted by Gasteiger charge is -2.40. The number of piperazine rings is 1. The van der Waals surface area contributed by atoms with Gasteiger partial charge in [0.05, 0.1) is 0 Å². The molecule has 0 bridgehead atoms. The molecule has 3 aliphatic rings. The molecule has 0 saturated carbocycles. The summed E-state index contributed by atoms with van der Waals surface area (Å²) in [4.78, 5) is 38.0. The minimum atomic E-state index is -0.498. The third kappa shape index (κ3) is 3.32. The van der Waals surface area contributed by atoms with Crippen LogP contribution < -0.4 is 5.32 Å². The van der Waals surface area contributed by atoms with Gasteiger partial charge in [-0.05, 0) is 19.0 Å². The number of aryl methyl sites for hydroxylation is 1. The first-order chi connectivity index (χ1) is 13.5. The zero-order valence-electron chi connectivity index (χ0n) is 16.8. The number of nitrogens with one attached hydrogen (secondary N) is 1. The molecule has 4 rings (SSSR count). The number of carbonyl (C=O) groups is 2. The Morgan fingerprint density at radius 2 is 1.93 bits per heavy atom. The summed E-state index contributed by atoms with van der Waals surface area (Å²) in [5, 5.41) is 2.47. The summed E-state index contributed by atoms with van der Waals surface area (Å²) in [5.41, 5.74) is 2.32. The van der Waals surface area contributed by atoms with Gasteiger partial charge in [-0.3, -0.25) is 10.1 Å². The average Bonchev–Trinajstić information content (AvgIpc) is 3.06. The topological polar surface area (TPSA) is 71.5 Å². The summed E-state index contributed by atoms with van der Waals surface area (Å²) in [6.07, 6.45) is -0.481. The number of rotatable bonds is 3. The molecule has 8 heteroatoms. The standard InChI is InChI=1S/C20H28N6O2/c1-4-24-8-10-25(11-9-24)19-21-17-16(18(27)22-20(28)23(17)3)26(19)13-15-7-5-6-14(2)12-15/h5-7,12,16-17H,4,8-11,13H2,1-3H3,(H,22,27,28). The Morgan fingerprint density at radius 3 is 2.61 bits per heavy atom. The van der Waals surface area contributed by atoms with Crippen LogP contribution in [0.25, 0.3) is 0 Å². The number of hydrogen-bond donors (Lipinski definition) is 1. The Kier molecular flexibility index (Phi) is 4.97. The maximum Gasteiger partial charge on any atom is 0.325 e. The summed E-state index contributed by atoms with van der Waals surface area (Å²) in [6.45, 7) is 9.56. The summed E-state index contributed by atoms with van der Waals surface area (Å²) < 4.78 is 0. The van der Waals surface area contributed by atoms with Crippen molar-refractivity contribution in [1.29, 1.82) is 0 Å². The largest absolute Gasteiger partial charge is 0.340 e. The monoisotopic (exact) mass is 384 g/mol. The molecule has 0 aromatic heterocycles. The lowest BCUT2D eigenvalue weighted by Crippen LogP contribution is -2.64. The first-order valence-electron chi connectivity index (χ1n) is 9.93. The van der Waals surface area contributed by atoms with Crippen molar-refractivity contribution in [2.45, 2.75) is 32.6 Å². The third-order valence-electron chi connectivity index (χ3n) is 5.88. The lowest BCUT2D eigenvalue weighted by molar-refractivity contribution is -0.127. The van der Waals surface area contributed by atoms with E-state index in [9.17, 15) is 9.59 Å². The number of aliphatic imine (C=N–C) groups is 1. The van der Waals surface area contributed by atoms with Crippen LogP contribution in [-0.2, 0) is 11.3 Å². The molecule has 1 N–H and O–H groups in total. The van der Waals surface area contributed by atoms with Gasteiger partial charge in [-0.15, -0.1) is 0 Å². The second-order valence-corrected chi connectivity index (χ2v) is 7.73. The summed E-state index contributed by atoms with van der Waals surface area (Å²) in [6, 6.07) is 7.42. The van der Waals surface area contributed by atoms with Crippen LogP contribution in [0.15, 0.2) is 29.3 Å². The molecule has 2 unspecified atom stereocenters. The molecule has 0 aliphatic carbocycles. The number of imide groups is 1. The first kappa shape index (κ1) is 18.7. The maximum absolute atomic E-state index is 12.7. The van der Waals surface area contributed by atoms with E-state index in [4.69, 9.17) is 4.99 Å². The maximum atomic E-state index is 12.7. The molecular formula is C20H28N6O2. The third-order valence-corrected chi connectivity index (χ3v) is 5.88. The average molecular weight is 384 g/mol. The van der Waals surface area contributed by atoms with Gasteiger partial charge in [0.25, 0.3) is 5.91 Å². The predicted octanol–water partition coefficient (Wildman–Crippen LogP) is 0.680. The SMILES string of the molecule is CCN1CCN(C2=NC3C(C(=O)NC(=O)N3C)N2Cc2cccc(C)c2)CC1. The smallest absolute Gasteiger partial charge is 0.325 e. The molecule has 3 aliphatic heterocycles. The molecule has 2 atom stereocenters. The van der Waals surface area contributed by atoms with Crippen molar-refractivity contribution < 1.29 is 9.59 Å². The van der Waals surface area contributed by atoms with Gasteiger partial charge in [-0.2, -0.15) is 0 Å². The number of urea groups is 1. The van der Waals surface area contributed by atoms with Gasteiger partial charge in [-0.1, -0.05) is 36.8 Å². The molecule has 150 valence electrons. The van der Waals surface area contributed by atoms with Crippen molar-refractivity contribution in [2.24, 2.45) is 4.99 Å². The van der Waals surface area contributed by atoms with Crippen LogP contribution in [0, 0.1) is 6.92 Å². The van der Waals surface area contributed by atoms with Crippen molar-refractivity contribution in [2.75, 3.05) is 39.8 Å². The zero-order valence-corrected chi connectivity index (χ0v) is 16.8. The molecule has 0 spiro atoms. The van der Waals surface area contributed by atoms with Gasteiger partial charge >= 0.3 is 6.03 Å². The molecule has 2 fully saturated rings. The molecule has 3 heterocycles. The Morgan fingerprint density at radius 1 is 1.18 bits per heavy atom. The Labute approximate surface area is 165 Å². The summed E-state index contributed by atoms with van der Waals surface area (Å²) >= 11 is 0. The van der Waals surface area contributed by atoms with Crippen LogP contribution in [0.2, 0.25) is 0 Å². The fourth-order valence-corrected chi connectivity index (χ4v) is 4.22. The number of nitrogens with zero attached hydrogens (tertiary/aromatic N) is 5. The molecule has 0 radical (unpaired) electrons.